The molecule has 1 amide bonds. The molecule has 2 rings (SSSR count). The number of esters is 1. The second kappa shape index (κ2) is 7.91. The van der Waals surface area contributed by atoms with Crippen LogP contribution in [-0.4, -0.2) is 30.5 Å². The Morgan fingerprint density at radius 2 is 1.92 bits per heavy atom. The van der Waals surface area contributed by atoms with E-state index in [1.807, 2.05) is 19.1 Å². The van der Waals surface area contributed by atoms with Crippen molar-refractivity contribution in [2.24, 2.45) is 0 Å². The van der Waals surface area contributed by atoms with Crippen LogP contribution in [0.15, 0.2) is 42.5 Å². The summed E-state index contributed by atoms with van der Waals surface area (Å²) in [7, 11) is 1.29. The SMILES string of the molecule is COc1ccc(C(=O)OCC(=O)Nc2ccccc2C)cc1[N+](=O)[O-]. The summed E-state index contributed by atoms with van der Waals surface area (Å²) in [5.41, 5.74) is 1.08. The van der Waals surface area contributed by atoms with Gasteiger partial charge in [0, 0.05) is 11.8 Å². The van der Waals surface area contributed by atoms with Crippen molar-refractivity contribution in [1.82, 2.24) is 0 Å². The summed E-state index contributed by atoms with van der Waals surface area (Å²) >= 11 is 0. The minimum absolute atomic E-state index is 0.0267. The molecule has 0 aliphatic rings. The smallest absolute Gasteiger partial charge is 0.338 e. The predicted octanol–water partition coefficient (Wildman–Crippen LogP) is 2.71. The van der Waals surface area contributed by atoms with Gasteiger partial charge in [0.25, 0.3) is 5.91 Å². The lowest BCUT2D eigenvalue weighted by Crippen LogP contribution is -2.21. The third kappa shape index (κ3) is 4.54. The van der Waals surface area contributed by atoms with Gasteiger partial charge in [0.2, 0.25) is 0 Å². The van der Waals surface area contributed by atoms with Crippen molar-refractivity contribution in [1.29, 1.82) is 0 Å². The van der Waals surface area contributed by atoms with E-state index in [0.29, 0.717) is 5.69 Å². The highest BCUT2D eigenvalue weighted by Gasteiger charge is 2.19. The van der Waals surface area contributed by atoms with Crippen molar-refractivity contribution in [3.8, 4) is 5.75 Å². The molecule has 0 aliphatic carbocycles. The molecule has 0 spiro atoms. The second-order valence-corrected chi connectivity index (χ2v) is 5.08. The molecule has 0 saturated heterocycles. The Bertz CT molecular complexity index is 819. The number of nitro groups is 1. The number of para-hydroxylation sites is 1. The largest absolute Gasteiger partial charge is 0.490 e. The number of hydrogen-bond acceptors (Lipinski definition) is 6. The van der Waals surface area contributed by atoms with Crippen LogP contribution in [0.4, 0.5) is 11.4 Å². The lowest BCUT2D eigenvalue weighted by molar-refractivity contribution is -0.385. The van der Waals surface area contributed by atoms with E-state index in [-0.39, 0.29) is 17.0 Å². The van der Waals surface area contributed by atoms with Crippen molar-refractivity contribution < 1.29 is 24.0 Å². The molecule has 0 saturated carbocycles. The summed E-state index contributed by atoms with van der Waals surface area (Å²) in [6, 6.07) is 10.8. The van der Waals surface area contributed by atoms with Gasteiger partial charge in [-0.15, -0.1) is 0 Å². The molecule has 2 aromatic rings. The predicted molar refractivity (Wildman–Crippen MR) is 89.7 cm³/mol. The van der Waals surface area contributed by atoms with Gasteiger partial charge in [-0.25, -0.2) is 4.79 Å². The number of ether oxygens (including phenoxy) is 2. The van der Waals surface area contributed by atoms with Gasteiger partial charge in [-0.1, -0.05) is 18.2 Å². The van der Waals surface area contributed by atoms with Crippen LogP contribution in [0.1, 0.15) is 15.9 Å². The minimum Gasteiger partial charge on any atom is -0.490 e. The minimum atomic E-state index is -0.842. The van der Waals surface area contributed by atoms with Crippen LogP contribution in [0, 0.1) is 17.0 Å². The van der Waals surface area contributed by atoms with Crippen LogP contribution < -0.4 is 10.1 Å². The summed E-state index contributed by atoms with van der Waals surface area (Å²) in [6.07, 6.45) is 0. The van der Waals surface area contributed by atoms with Gasteiger partial charge in [-0.3, -0.25) is 14.9 Å². The zero-order chi connectivity index (χ0) is 18.4. The highest BCUT2D eigenvalue weighted by molar-refractivity contribution is 5.96. The molecule has 0 heterocycles. The number of carbonyl (C=O) groups excluding carboxylic acids is 2. The first kappa shape index (κ1) is 17.9. The molecule has 0 aliphatic heterocycles. The molecule has 8 nitrogen and oxygen atoms in total. The Morgan fingerprint density at radius 1 is 1.20 bits per heavy atom. The van der Waals surface area contributed by atoms with Gasteiger partial charge >= 0.3 is 11.7 Å². The number of anilines is 1. The maximum Gasteiger partial charge on any atom is 0.338 e. The van der Waals surface area contributed by atoms with E-state index in [2.05, 4.69) is 5.32 Å². The van der Waals surface area contributed by atoms with Crippen molar-refractivity contribution in [2.75, 3.05) is 19.0 Å². The number of nitrogens with zero attached hydrogens (tertiary/aromatic N) is 1. The van der Waals surface area contributed by atoms with E-state index in [1.165, 1.54) is 19.2 Å². The normalized spacial score (nSPS) is 10.0. The zero-order valence-corrected chi connectivity index (χ0v) is 13.6. The molecular formula is C17H16N2O6. The molecule has 0 bridgehead atoms. The number of nitrogens with one attached hydrogen (secondary N) is 1. The lowest BCUT2D eigenvalue weighted by atomic mass is 10.2. The van der Waals surface area contributed by atoms with Crippen LogP contribution in [-0.2, 0) is 9.53 Å². The molecule has 0 aromatic heterocycles. The topological polar surface area (TPSA) is 108 Å². The maximum absolute atomic E-state index is 12.0. The standard InChI is InChI=1S/C17H16N2O6/c1-11-5-3-4-6-13(11)18-16(20)10-25-17(21)12-7-8-15(24-2)14(9-12)19(22)23/h3-9H,10H2,1-2H3,(H,18,20). The molecule has 8 heteroatoms. The molecule has 0 fully saturated rings. The first-order valence-electron chi connectivity index (χ1n) is 7.27. The zero-order valence-electron chi connectivity index (χ0n) is 13.6. The number of benzene rings is 2. The first-order valence-corrected chi connectivity index (χ1v) is 7.27. The Kier molecular flexibility index (Phi) is 5.67. The molecule has 1 N–H and O–H groups in total. The third-order valence-corrected chi connectivity index (χ3v) is 3.36. The molecule has 2 aromatic carbocycles. The second-order valence-electron chi connectivity index (χ2n) is 5.08. The van der Waals surface area contributed by atoms with E-state index >= 15 is 0 Å². The van der Waals surface area contributed by atoms with E-state index in [0.717, 1.165) is 11.6 Å². The summed E-state index contributed by atoms with van der Waals surface area (Å²) < 4.78 is 9.76. The molecule has 0 atom stereocenters. The Hall–Kier alpha value is -3.42. The summed E-state index contributed by atoms with van der Waals surface area (Å²) in [5.74, 6) is -1.32. The average Bonchev–Trinajstić information content (AvgIpc) is 2.61. The van der Waals surface area contributed by atoms with E-state index in [9.17, 15) is 19.7 Å². The Morgan fingerprint density at radius 3 is 2.56 bits per heavy atom. The van der Waals surface area contributed by atoms with Crippen LogP contribution in [0.5, 0.6) is 5.75 Å². The number of methoxy groups -OCH3 is 1. The van der Waals surface area contributed by atoms with Gasteiger partial charge in [-0.05, 0) is 30.7 Å². The molecule has 0 unspecified atom stereocenters. The van der Waals surface area contributed by atoms with Crippen molar-refractivity contribution in [2.45, 2.75) is 6.92 Å². The van der Waals surface area contributed by atoms with Gasteiger partial charge in [-0.2, -0.15) is 0 Å². The first-order chi connectivity index (χ1) is 11.9. The number of hydrogen-bond donors (Lipinski definition) is 1. The van der Waals surface area contributed by atoms with Crippen LogP contribution in [0.3, 0.4) is 0 Å². The fourth-order valence-corrected chi connectivity index (χ4v) is 2.07. The number of rotatable bonds is 6. The lowest BCUT2D eigenvalue weighted by Gasteiger charge is -2.09. The van der Waals surface area contributed by atoms with Gasteiger partial charge < -0.3 is 14.8 Å². The fourth-order valence-electron chi connectivity index (χ4n) is 2.07. The summed E-state index contributed by atoms with van der Waals surface area (Å²) in [4.78, 5) is 34.1. The highest BCUT2D eigenvalue weighted by atomic mass is 16.6. The van der Waals surface area contributed by atoms with Crippen LogP contribution in [0.2, 0.25) is 0 Å². The Labute approximate surface area is 143 Å². The number of nitro benzene ring substituents is 1. The van der Waals surface area contributed by atoms with E-state index < -0.39 is 23.4 Å². The molecular weight excluding hydrogens is 328 g/mol. The molecule has 130 valence electrons. The third-order valence-electron chi connectivity index (χ3n) is 3.36. The molecule has 25 heavy (non-hydrogen) atoms. The van der Waals surface area contributed by atoms with Crippen LogP contribution >= 0.6 is 0 Å². The van der Waals surface area contributed by atoms with Gasteiger partial charge in [0.15, 0.2) is 12.4 Å². The fraction of sp³-hybridized carbons (Fsp3) is 0.176. The van der Waals surface area contributed by atoms with Gasteiger partial charge in [0.1, 0.15) is 0 Å². The van der Waals surface area contributed by atoms with Crippen molar-refractivity contribution in [3.63, 3.8) is 0 Å². The van der Waals surface area contributed by atoms with Crippen molar-refractivity contribution in [3.05, 3.63) is 63.7 Å². The average molecular weight is 344 g/mol. The van der Waals surface area contributed by atoms with Gasteiger partial charge in [0.05, 0.1) is 17.6 Å². The van der Waals surface area contributed by atoms with Crippen molar-refractivity contribution >= 4 is 23.3 Å². The molecule has 0 radical (unpaired) electrons. The quantitative estimate of drug-likeness (QED) is 0.490. The monoisotopic (exact) mass is 344 g/mol. The number of amides is 1. The summed E-state index contributed by atoms with van der Waals surface area (Å²) in [5, 5.41) is 13.6. The summed E-state index contributed by atoms with van der Waals surface area (Å²) in [6.45, 7) is 1.32. The highest BCUT2D eigenvalue weighted by Crippen LogP contribution is 2.27. The van der Waals surface area contributed by atoms with Crippen LogP contribution in [0.25, 0.3) is 0 Å². The number of aryl methyl sites for hydroxylation is 1. The van der Waals surface area contributed by atoms with E-state index in [1.54, 1.807) is 12.1 Å². The maximum atomic E-state index is 12.0. The Balaban J connectivity index is 2.00. The van der Waals surface area contributed by atoms with E-state index in [4.69, 9.17) is 9.47 Å². The number of carbonyl (C=O) groups is 2.